The van der Waals surface area contributed by atoms with Crippen molar-refractivity contribution in [2.45, 2.75) is 19.9 Å². The van der Waals surface area contributed by atoms with Crippen LogP contribution in [0.2, 0.25) is 0 Å². The normalized spacial score (nSPS) is 18.1. The summed E-state index contributed by atoms with van der Waals surface area (Å²) in [5, 5.41) is 2.88. The maximum Gasteiger partial charge on any atom is 0.241 e. The molecule has 1 fully saturated rings. The van der Waals surface area contributed by atoms with Gasteiger partial charge in [0.25, 0.3) is 0 Å². The first-order valence-corrected chi connectivity index (χ1v) is 9.89. The lowest BCUT2D eigenvalue weighted by Crippen LogP contribution is -2.53. The lowest BCUT2D eigenvalue weighted by molar-refractivity contribution is -0.121. The number of benzene rings is 1. The largest absolute Gasteiger partial charge is 0.494 e. The highest BCUT2D eigenvalue weighted by Gasteiger charge is 2.28. The Morgan fingerprint density at radius 2 is 1.79 bits per heavy atom. The van der Waals surface area contributed by atoms with Gasteiger partial charge in [0.1, 0.15) is 5.75 Å². The third-order valence-electron chi connectivity index (χ3n) is 4.10. The monoisotopic (exact) mass is 355 g/mol. The molecule has 1 aromatic rings. The van der Waals surface area contributed by atoms with E-state index in [1.165, 1.54) is 10.6 Å². The molecule has 8 heteroatoms. The fourth-order valence-electron chi connectivity index (χ4n) is 2.64. The average Bonchev–Trinajstić information content (AvgIpc) is 2.55. The Hall–Kier alpha value is -1.64. The maximum atomic E-state index is 12.4. The van der Waals surface area contributed by atoms with E-state index >= 15 is 0 Å². The van der Waals surface area contributed by atoms with Crippen molar-refractivity contribution in [1.29, 1.82) is 0 Å². The van der Waals surface area contributed by atoms with Gasteiger partial charge in [0, 0.05) is 31.9 Å². The van der Waals surface area contributed by atoms with Crippen molar-refractivity contribution in [1.82, 2.24) is 9.21 Å². The van der Waals surface area contributed by atoms with E-state index in [0.717, 1.165) is 5.75 Å². The number of sulfonamides is 1. The van der Waals surface area contributed by atoms with Gasteiger partial charge < -0.3 is 10.1 Å². The van der Waals surface area contributed by atoms with E-state index in [9.17, 15) is 13.2 Å². The number of ether oxygens (including phenoxy) is 1. The molecule has 1 amide bonds. The van der Waals surface area contributed by atoms with E-state index in [2.05, 4.69) is 5.32 Å². The Morgan fingerprint density at radius 3 is 2.29 bits per heavy atom. The number of carbonyl (C=O) groups excluding carboxylic acids is 1. The summed E-state index contributed by atoms with van der Waals surface area (Å²) in [6, 6.07) is 6.91. The topological polar surface area (TPSA) is 79.0 Å². The molecule has 134 valence electrons. The minimum absolute atomic E-state index is 0.105. The molecular weight excluding hydrogens is 330 g/mol. The van der Waals surface area contributed by atoms with Crippen LogP contribution in [0, 0.1) is 0 Å². The number of carbonyl (C=O) groups is 1. The number of hydrogen-bond acceptors (Lipinski definition) is 5. The van der Waals surface area contributed by atoms with E-state index in [1.807, 2.05) is 30.9 Å². The average molecular weight is 355 g/mol. The lowest BCUT2D eigenvalue weighted by Gasteiger charge is -2.36. The maximum absolute atomic E-state index is 12.4. The Bertz CT molecular complexity index is 652. The summed E-state index contributed by atoms with van der Waals surface area (Å²) in [4.78, 5) is 14.4. The predicted molar refractivity (Wildman–Crippen MR) is 93.7 cm³/mol. The number of piperazine rings is 1. The van der Waals surface area contributed by atoms with Crippen LogP contribution in [-0.4, -0.2) is 68.6 Å². The molecule has 1 N–H and O–H groups in total. The van der Waals surface area contributed by atoms with Crippen molar-refractivity contribution in [3.05, 3.63) is 24.3 Å². The summed E-state index contributed by atoms with van der Waals surface area (Å²) in [6.45, 7) is 6.28. The fourth-order valence-corrected chi connectivity index (χ4v) is 3.46. The molecular formula is C16H25N3O4S. The first-order chi connectivity index (χ1) is 11.3. The Kier molecular flexibility index (Phi) is 6.20. The molecule has 1 heterocycles. The number of rotatable bonds is 6. The minimum atomic E-state index is -3.16. The molecule has 2 rings (SSSR count). The lowest BCUT2D eigenvalue weighted by atomic mass is 10.2. The molecule has 0 saturated carbocycles. The zero-order valence-electron chi connectivity index (χ0n) is 14.4. The summed E-state index contributed by atoms with van der Waals surface area (Å²) >= 11 is 0. The molecule has 1 aliphatic rings. The molecule has 1 aliphatic heterocycles. The van der Waals surface area contributed by atoms with Gasteiger partial charge in [-0.1, -0.05) is 0 Å². The highest BCUT2D eigenvalue weighted by Crippen LogP contribution is 2.17. The second kappa shape index (κ2) is 7.96. The molecule has 0 unspecified atom stereocenters. The summed E-state index contributed by atoms with van der Waals surface area (Å²) in [6.07, 6.45) is 1.21. The Labute approximate surface area is 143 Å². The van der Waals surface area contributed by atoms with E-state index in [4.69, 9.17) is 4.74 Å². The second-order valence-corrected chi connectivity index (χ2v) is 7.80. The van der Waals surface area contributed by atoms with Crippen LogP contribution in [0.4, 0.5) is 5.69 Å². The van der Waals surface area contributed by atoms with Crippen molar-refractivity contribution in [2.24, 2.45) is 0 Å². The van der Waals surface area contributed by atoms with Crippen molar-refractivity contribution >= 4 is 21.6 Å². The van der Waals surface area contributed by atoms with Crippen LogP contribution in [0.15, 0.2) is 24.3 Å². The van der Waals surface area contributed by atoms with E-state index in [-0.39, 0.29) is 11.9 Å². The van der Waals surface area contributed by atoms with Crippen LogP contribution < -0.4 is 10.1 Å². The smallest absolute Gasteiger partial charge is 0.241 e. The quantitative estimate of drug-likeness (QED) is 0.823. The van der Waals surface area contributed by atoms with Gasteiger partial charge in [0.05, 0.1) is 18.9 Å². The zero-order chi connectivity index (χ0) is 17.7. The van der Waals surface area contributed by atoms with Crippen LogP contribution in [0.1, 0.15) is 13.8 Å². The van der Waals surface area contributed by atoms with Crippen molar-refractivity contribution in [3.8, 4) is 5.75 Å². The second-order valence-electron chi connectivity index (χ2n) is 5.82. The molecule has 0 spiro atoms. The van der Waals surface area contributed by atoms with Crippen LogP contribution >= 0.6 is 0 Å². The van der Waals surface area contributed by atoms with Gasteiger partial charge in [-0.2, -0.15) is 4.31 Å². The highest BCUT2D eigenvalue weighted by atomic mass is 32.2. The van der Waals surface area contributed by atoms with E-state index in [1.54, 1.807) is 12.1 Å². The van der Waals surface area contributed by atoms with Crippen LogP contribution in [0.25, 0.3) is 0 Å². The first kappa shape index (κ1) is 18.7. The van der Waals surface area contributed by atoms with Crippen molar-refractivity contribution < 1.29 is 17.9 Å². The summed E-state index contributed by atoms with van der Waals surface area (Å²) in [5.74, 6) is 0.660. The first-order valence-electron chi connectivity index (χ1n) is 8.04. The molecule has 0 bridgehead atoms. The van der Waals surface area contributed by atoms with Crippen molar-refractivity contribution in [2.75, 3.05) is 44.4 Å². The standard InChI is InChI=1S/C16H25N3O4S/c1-4-23-15-7-5-14(6-8-15)17-16(20)13(2)18-9-11-19(12-10-18)24(3,21)22/h5-8,13H,4,9-12H2,1-3H3,(H,17,20)/t13-/m0/s1. The van der Waals surface area contributed by atoms with Gasteiger partial charge in [-0.15, -0.1) is 0 Å². The number of nitrogens with one attached hydrogen (secondary N) is 1. The molecule has 1 atom stereocenters. The van der Waals surface area contributed by atoms with E-state index in [0.29, 0.717) is 38.5 Å². The van der Waals surface area contributed by atoms with Crippen LogP contribution in [0.3, 0.4) is 0 Å². The molecule has 7 nitrogen and oxygen atoms in total. The molecule has 1 saturated heterocycles. The Balaban J connectivity index is 1.88. The summed E-state index contributed by atoms with van der Waals surface area (Å²) in [5.41, 5.74) is 0.713. The molecule has 0 aliphatic carbocycles. The fraction of sp³-hybridized carbons (Fsp3) is 0.562. The van der Waals surface area contributed by atoms with Gasteiger partial charge >= 0.3 is 0 Å². The van der Waals surface area contributed by atoms with E-state index < -0.39 is 10.0 Å². The predicted octanol–water partition coefficient (Wildman–Crippen LogP) is 0.989. The highest BCUT2D eigenvalue weighted by molar-refractivity contribution is 7.88. The van der Waals surface area contributed by atoms with Gasteiger partial charge in [0.2, 0.25) is 15.9 Å². The number of hydrogen-bond donors (Lipinski definition) is 1. The molecule has 0 radical (unpaired) electrons. The van der Waals surface area contributed by atoms with Gasteiger partial charge in [-0.25, -0.2) is 8.42 Å². The third kappa shape index (κ3) is 4.93. The number of amides is 1. The molecule has 1 aromatic carbocycles. The zero-order valence-corrected chi connectivity index (χ0v) is 15.2. The third-order valence-corrected chi connectivity index (χ3v) is 5.41. The van der Waals surface area contributed by atoms with Gasteiger partial charge in [-0.05, 0) is 38.1 Å². The van der Waals surface area contributed by atoms with Gasteiger partial charge in [0.15, 0.2) is 0 Å². The summed E-state index contributed by atoms with van der Waals surface area (Å²) < 4.78 is 29.9. The van der Waals surface area contributed by atoms with Crippen LogP contribution in [0.5, 0.6) is 5.75 Å². The number of anilines is 1. The van der Waals surface area contributed by atoms with Crippen LogP contribution in [-0.2, 0) is 14.8 Å². The van der Waals surface area contributed by atoms with Gasteiger partial charge in [-0.3, -0.25) is 9.69 Å². The van der Waals surface area contributed by atoms with Crippen molar-refractivity contribution in [3.63, 3.8) is 0 Å². The SMILES string of the molecule is CCOc1ccc(NC(=O)[C@H](C)N2CCN(S(C)(=O)=O)CC2)cc1. The number of nitrogens with zero attached hydrogens (tertiary/aromatic N) is 2. The Morgan fingerprint density at radius 1 is 1.21 bits per heavy atom. The molecule has 0 aromatic heterocycles. The minimum Gasteiger partial charge on any atom is -0.494 e. The summed E-state index contributed by atoms with van der Waals surface area (Å²) in [7, 11) is -3.16. The molecule has 24 heavy (non-hydrogen) atoms.